The fraction of sp³-hybridized carbons (Fsp3) is 0.353. The number of furan rings is 1. The molecule has 0 bridgehead atoms. The highest BCUT2D eigenvalue weighted by atomic mass is 127. The monoisotopic (exact) mass is 486 g/mol. The lowest BCUT2D eigenvalue weighted by atomic mass is 10.3. The maximum atomic E-state index is 5.30. The molecule has 0 saturated carbocycles. The molecular formula is C17H23IN6OS. The quantitative estimate of drug-likeness (QED) is 0.305. The zero-order valence-corrected chi connectivity index (χ0v) is 18.0. The number of likely N-dealkylation sites (N-methyl/N-ethyl adjacent to an activating group) is 1. The Balaban J connectivity index is 0.00000243. The Morgan fingerprint density at radius 1 is 1.35 bits per heavy atom. The summed E-state index contributed by atoms with van der Waals surface area (Å²) >= 11 is 1.79. The van der Waals surface area contributed by atoms with Crippen LogP contribution in [0.25, 0.3) is 11.6 Å². The zero-order chi connectivity index (χ0) is 17.5. The SMILES string of the molecule is CN=C(NCCc1nc(-c2ccco2)n[nH]1)N(C)CCc1cccs1.I. The van der Waals surface area contributed by atoms with E-state index in [0.29, 0.717) is 11.6 Å². The van der Waals surface area contributed by atoms with E-state index >= 15 is 0 Å². The van der Waals surface area contributed by atoms with Gasteiger partial charge in [0.05, 0.1) is 6.26 Å². The Kier molecular flexibility index (Phi) is 8.10. The number of hydrogen-bond donors (Lipinski definition) is 2. The van der Waals surface area contributed by atoms with Crippen molar-refractivity contribution in [3.63, 3.8) is 0 Å². The predicted molar refractivity (Wildman–Crippen MR) is 115 cm³/mol. The van der Waals surface area contributed by atoms with Crippen molar-refractivity contribution in [3.05, 3.63) is 46.6 Å². The minimum Gasteiger partial charge on any atom is -0.461 e. The molecule has 0 aliphatic heterocycles. The lowest BCUT2D eigenvalue weighted by Gasteiger charge is -2.21. The molecule has 0 amide bonds. The molecule has 7 nitrogen and oxygen atoms in total. The fourth-order valence-corrected chi connectivity index (χ4v) is 3.14. The van der Waals surface area contributed by atoms with Gasteiger partial charge in [-0.2, -0.15) is 5.10 Å². The number of nitrogens with zero attached hydrogens (tertiary/aromatic N) is 4. The summed E-state index contributed by atoms with van der Waals surface area (Å²) < 4.78 is 5.30. The molecule has 0 unspecified atom stereocenters. The van der Waals surface area contributed by atoms with Gasteiger partial charge in [0.2, 0.25) is 5.82 Å². The zero-order valence-electron chi connectivity index (χ0n) is 14.8. The average Bonchev–Trinajstić information content (AvgIpc) is 3.38. The van der Waals surface area contributed by atoms with Crippen molar-refractivity contribution in [2.24, 2.45) is 4.99 Å². The van der Waals surface area contributed by atoms with Crippen LogP contribution in [0.5, 0.6) is 0 Å². The van der Waals surface area contributed by atoms with Gasteiger partial charge in [-0.1, -0.05) is 6.07 Å². The maximum Gasteiger partial charge on any atom is 0.216 e. The number of nitrogens with one attached hydrogen (secondary N) is 2. The third-order valence-electron chi connectivity index (χ3n) is 3.77. The number of halogens is 1. The Morgan fingerprint density at radius 2 is 2.23 bits per heavy atom. The van der Waals surface area contributed by atoms with Crippen molar-refractivity contribution < 1.29 is 4.42 Å². The van der Waals surface area contributed by atoms with E-state index in [-0.39, 0.29) is 24.0 Å². The van der Waals surface area contributed by atoms with Crippen LogP contribution < -0.4 is 5.32 Å². The summed E-state index contributed by atoms with van der Waals surface area (Å²) in [5.41, 5.74) is 0. The minimum atomic E-state index is 0. The van der Waals surface area contributed by atoms with Gasteiger partial charge in [0.25, 0.3) is 0 Å². The van der Waals surface area contributed by atoms with Crippen LogP contribution in [0.1, 0.15) is 10.7 Å². The molecule has 2 N–H and O–H groups in total. The van der Waals surface area contributed by atoms with E-state index in [1.54, 1.807) is 24.6 Å². The van der Waals surface area contributed by atoms with E-state index in [1.807, 2.05) is 19.2 Å². The molecule has 0 aliphatic carbocycles. The highest BCUT2D eigenvalue weighted by molar-refractivity contribution is 14.0. The standard InChI is InChI=1S/C17H22N6OS.HI/c1-18-17(23(2)10-8-13-5-4-12-25-13)19-9-7-15-20-16(22-21-15)14-6-3-11-24-14;/h3-6,11-12H,7-10H2,1-2H3,(H,18,19)(H,20,21,22);1H. The summed E-state index contributed by atoms with van der Waals surface area (Å²) in [6, 6.07) is 7.91. The number of thiophene rings is 1. The number of aromatic nitrogens is 3. The Labute approximate surface area is 174 Å². The Hall–Kier alpha value is -1.88. The first-order valence-corrected chi connectivity index (χ1v) is 9.03. The molecule has 140 valence electrons. The predicted octanol–water partition coefficient (Wildman–Crippen LogP) is 3.04. The summed E-state index contributed by atoms with van der Waals surface area (Å²) in [5, 5.41) is 12.6. The molecule has 26 heavy (non-hydrogen) atoms. The van der Waals surface area contributed by atoms with E-state index in [1.165, 1.54) is 4.88 Å². The third kappa shape index (κ3) is 5.56. The van der Waals surface area contributed by atoms with Crippen LogP contribution in [-0.4, -0.2) is 53.2 Å². The van der Waals surface area contributed by atoms with Gasteiger partial charge in [0, 0.05) is 38.5 Å². The van der Waals surface area contributed by atoms with E-state index in [9.17, 15) is 0 Å². The third-order valence-corrected chi connectivity index (χ3v) is 4.70. The molecule has 9 heteroatoms. The van der Waals surface area contributed by atoms with E-state index in [0.717, 1.165) is 37.7 Å². The van der Waals surface area contributed by atoms with Crippen molar-refractivity contribution >= 4 is 41.3 Å². The molecule has 0 aromatic carbocycles. The number of aromatic amines is 1. The van der Waals surface area contributed by atoms with Gasteiger partial charge in [-0.3, -0.25) is 10.1 Å². The lowest BCUT2D eigenvalue weighted by molar-refractivity contribution is 0.486. The minimum absolute atomic E-state index is 0. The van der Waals surface area contributed by atoms with Crippen molar-refractivity contribution in [2.45, 2.75) is 12.8 Å². The second-order valence-electron chi connectivity index (χ2n) is 5.56. The van der Waals surface area contributed by atoms with Crippen LogP contribution >= 0.6 is 35.3 Å². The number of rotatable bonds is 7. The largest absolute Gasteiger partial charge is 0.461 e. The maximum absolute atomic E-state index is 5.30. The van der Waals surface area contributed by atoms with Crippen LogP contribution in [0.2, 0.25) is 0 Å². The second-order valence-corrected chi connectivity index (χ2v) is 6.59. The molecule has 3 aromatic rings. The molecule has 0 radical (unpaired) electrons. The van der Waals surface area contributed by atoms with Crippen LogP contribution in [0, 0.1) is 0 Å². The molecule has 0 spiro atoms. The van der Waals surface area contributed by atoms with Gasteiger partial charge in [-0.05, 0) is 30.0 Å². The van der Waals surface area contributed by atoms with Crippen molar-refractivity contribution in [1.82, 2.24) is 25.4 Å². The van der Waals surface area contributed by atoms with Crippen LogP contribution in [0.3, 0.4) is 0 Å². The van der Waals surface area contributed by atoms with Crippen LogP contribution in [0.15, 0.2) is 45.3 Å². The van der Waals surface area contributed by atoms with Crippen LogP contribution in [0.4, 0.5) is 0 Å². The number of guanidine groups is 1. The van der Waals surface area contributed by atoms with E-state index < -0.39 is 0 Å². The highest BCUT2D eigenvalue weighted by Crippen LogP contribution is 2.14. The smallest absolute Gasteiger partial charge is 0.216 e. The Morgan fingerprint density at radius 3 is 2.92 bits per heavy atom. The van der Waals surface area contributed by atoms with E-state index in [4.69, 9.17) is 4.42 Å². The first-order chi connectivity index (χ1) is 12.3. The van der Waals surface area contributed by atoms with E-state index in [2.05, 4.69) is 47.9 Å². The fourth-order valence-electron chi connectivity index (χ4n) is 2.44. The summed E-state index contributed by atoms with van der Waals surface area (Å²) in [4.78, 5) is 12.3. The molecule has 3 rings (SSSR count). The number of hydrogen-bond acceptors (Lipinski definition) is 5. The van der Waals surface area contributed by atoms with Crippen molar-refractivity contribution in [1.29, 1.82) is 0 Å². The molecule has 0 aliphatic rings. The van der Waals surface area contributed by atoms with Crippen molar-refractivity contribution in [3.8, 4) is 11.6 Å². The van der Waals surface area contributed by atoms with Crippen molar-refractivity contribution in [2.75, 3.05) is 27.2 Å². The highest BCUT2D eigenvalue weighted by Gasteiger charge is 2.09. The van der Waals surface area contributed by atoms with Gasteiger partial charge >= 0.3 is 0 Å². The summed E-state index contributed by atoms with van der Waals surface area (Å²) in [5.74, 6) is 2.94. The molecule has 0 fully saturated rings. The number of H-pyrrole nitrogens is 1. The topological polar surface area (TPSA) is 82.3 Å². The molecule has 3 aromatic heterocycles. The first-order valence-electron chi connectivity index (χ1n) is 8.15. The van der Waals surface area contributed by atoms with Gasteiger partial charge < -0.3 is 14.6 Å². The molecule has 0 atom stereocenters. The summed E-state index contributed by atoms with van der Waals surface area (Å²) in [6.07, 6.45) is 3.36. The number of aliphatic imine (C=N–C) groups is 1. The van der Waals surface area contributed by atoms with Gasteiger partial charge in [0.1, 0.15) is 5.82 Å². The summed E-state index contributed by atoms with van der Waals surface area (Å²) in [6.45, 7) is 1.65. The van der Waals surface area contributed by atoms with Crippen LogP contribution in [-0.2, 0) is 12.8 Å². The summed E-state index contributed by atoms with van der Waals surface area (Å²) in [7, 11) is 3.85. The second kappa shape index (κ2) is 10.3. The van der Waals surface area contributed by atoms with Gasteiger partial charge in [0.15, 0.2) is 11.7 Å². The molecule has 3 heterocycles. The van der Waals surface area contributed by atoms with Gasteiger partial charge in [-0.15, -0.1) is 35.3 Å². The molecule has 0 saturated heterocycles. The normalized spacial score (nSPS) is 11.2. The molecular weight excluding hydrogens is 463 g/mol. The average molecular weight is 486 g/mol. The lowest BCUT2D eigenvalue weighted by Crippen LogP contribution is -2.40. The van der Waals surface area contributed by atoms with Gasteiger partial charge in [-0.25, -0.2) is 4.98 Å². The Bertz CT molecular complexity index is 784. The first kappa shape index (κ1) is 20.4.